The maximum absolute atomic E-state index is 12.4. The first-order valence-corrected chi connectivity index (χ1v) is 8.94. The smallest absolute Gasteiger partial charge is 0.251 e. The average molecular weight is 377 g/mol. The molecule has 1 N–H and O–H groups in total. The molecule has 28 heavy (non-hydrogen) atoms. The molecule has 0 aliphatic rings. The van der Waals surface area contributed by atoms with Crippen molar-refractivity contribution in [1.82, 2.24) is 15.5 Å². The molecular weight excluding hydrogens is 358 g/mol. The minimum Gasteiger partial charge on any atom is -0.444 e. The van der Waals surface area contributed by atoms with E-state index in [9.17, 15) is 4.79 Å². The first-order valence-electron chi connectivity index (χ1n) is 8.94. The normalized spacial score (nSPS) is 11.0. The number of carbonyl (C=O) groups is 1. The second-order valence-corrected chi connectivity index (χ2v) is 6.25. The highest BCUT2D eigenvalue weighted by atomic mass is 16.5. The molecule has 7 heteroatoms. The molecule has 4 rings (SSSR count). The molecule has 2 aromatic heterocycles. The van der Waals surface area contributed by atoms with Crippen LogP contribution in [0.1, 0.15) is 16.8 Å². The van der Waals surface area contributed by atoms with E-state index in [2.05, 4.69) is 15.5 Å². The van der Waals surface area contributed by atoms with Gasteiger partial charge in [0, 0.05) is 31.4 Å². The number of nitrogens with one attached hydrogen (secondary N) is 1. The SMILES string of the molecule is COCCCNC(=O)c1ccc2onc(-c3coc(-c4ccccc4)n3)c2c1. The Morgan fingerprint density at radius 3 is 2.86 bits per heavy atom. The molecule has 0 bridgehead atoms. The monoisotopic (exact) mass is 377 g/mol. The molecule has 2 heterocycles. The van der Waals surface area contributed by atoms with E-state index < -0.39 is 0 Å². The molecule has 142 valence electrons. The van der Waals surface area contributed by atoms with Gasteiger partial charge in [-0.1, -0.05) is 23.4 Å². The van der Waals surface area contributed by atoms with Crippen LogP contribution in [0.5, 0.6) is 0 Å². The quantitative estimate of drug-likeness (QED) is 0.491. The molecular formula is C21H19N3O4. The first-order chi connectivity index (χ1) is 13.8. The van der Waals surface area contributed by atoms with Gasteiger partial charge >= 0.3 is 0 Å². The molecule has 0 radical (unpaired) electrons. The zero-order valence-electron chi connectivity index (χ0n) is 15.3. The number of aromatic nitrogens is 2. The topological polar surface area (TPSA) is 90.4 Å². The average Bonchev–Trinajstić information content (AvgIpc) is 3.38. The number of nitrogens with zero attached hydrogens (tertiary/aromatic N) is 2. The molecule has 0 aliphatic carbocycles. The molecule has 1 amide bonds. The van der Waals surface area contributed by atoms with Crippen molar-refractivity contribution < 1.29 is 18.5 Å². The molecule has 4 aromatic rings. The van der Waals surface area contributed by atoms with Crippen LogP contribution in [0.3, 0.4) is 0 Å². The van der Waals surface area contributed by atoms with Gasteiger partial charge in [0.05, 0.1) is 5.39 Å². The fourth-order valence-corrected chi connectivity index (χ4v) is 2.88. The second-order valence-electron chi connectivity index (χ2n) is 6.25. The Kier molecular flexibility index (Phi) is 5.16. The van der Waals surface area contributed by atoms with Crippen molar-refractivity contribution in [2.24, 2.45) is 0 Å². The minimum absolute atomic E-state index is 0.157. The summed E-state index contributed by atoms with van der Waals surface area (Å²) in [5, 5.41) is 7.69. The largest absolute Gasteiger partial charge is 0.444 e. The van der Waals surface area contributed by atoms with Crippen molar-refractivity contribution in [3.8, 4) is 22.8 Å². The van der Waals surface area contributed by atoms with Crippen LogP contribution in [0.2, 0.25) is 0 Å². The standard InChI is InChI=1S/C21H19N3O4/c1-26-11-5-10-22-20(25)15-8-9-18-16(12-15)19(24-28-18)17-13-27-21(23-17)14-6-3-2-4-7-14/h2-4,6-9,12-13H,5,10-11H2,1H3,(H,22,25). The summed E-state index contributed by atoms with van der Waals surface area (Å²) in [6.45, 7) is 1.15. The Hall–Kier alpha value is -3.45. The van der Waals surface area contributed by atoms with Crippen molar-refractivity contribution in [1.29, 1.82) is 0 Å². The van der Waals surface area contributed by atoms with Gasteiger partial charge in [0.25, 0.3) is 5.91 Å². The van der Waals surface area contributed by atoms with Gasteiger partial charge in [-0.05, 0) is 36.8 Å². The van der Waals surface area contributed by atoms with E-state index in [1.54, 1.807) is 25.3 Å². The zero-order valence-corrected chi connectivity index (χ0v) is 15.3. The van der Waals surface area contributed by atoms with Gasteiger partial charge in [0.15, 0.2) is 5.58 Å². The van der Waals surface area contributed by atoms with Crippen LogP contribution >= 0.6 is 0 Å². The van der Waals surface area contributed by atoms with Gasteiger partial charge in [-0.15, -0.1) is 0 Å². The molecule has 0 saturated carbocycles. The maximum Gasteiger partial charge on any atom is 0.251 e. The zero-order chi connectivity index (χ0) is 19.3. The Balaban J connectivity index is 1.60. The maximum atomic E-state index is 12.4. The number of fused-ring (bicyclic) bond motifs is 1. The molecule has 0 aliphatic heterocycles. The lowest BCUT2D eigenvalue weighted by Crippen LogP contribution is -2.25. The first kappa shape index (κ1) is 17.9. The summed E-state index contributed by atoms with van der Waals surface area (Å²) in [4.78, 5) is 16.9. The number of amides is 1. The summed E-state index contributed by atoms with van der Waals surface area (Å²) in [5.74, 6) is 0.342. The molecule has 2 aromatic carbocycles. The summed E-state index contributed by atoms with van der Waals surface area (Å²) < 4.78 is 16.0. The molecule has 7 nitrogen and oxygen atoms in total. The Morgan fingerprint density at radius 1 is 1.18 bits per heavy atom. The predicted molar refractivity (Wildman–Crippen MR) is 104 cm³/mol. The van der Waals surface area contributed by atoms with Crippen LogP contribution in [-0.2, 0) is 4.74 Å². The molecule has 0 saturated heterocycles. The van der Waals surface area contributed by atoms with E-state index in [-0.39, 0.29) is 5.91 Å². The molecule has 0 fully saturated rings. The number of oxazole rings is 1. The van der Waals surface area contributed by atoms with Crippen molar-refractivity contribution in [2.75, 3.05) is 20.3 Å². The Morgan fingerprint density at radius 2 is 2.04 bits per heavy atom. The van der Waals surface area contributed by atoms with Gasteiger partial charge in [-0.25, -0.2) is 4.98 Å². The van der Waals surface area contributed by atoms with Gasteiger partial charge < -0.3 is 19.0 Å². The van der Waals surface area contributed by atoms with E-state index in [1.807, 2.05) is 30.3 Å². The Labute approximate surface area is 161 Å². The van der Waals surface area contributed by atoms with Crippen molar-refractivity contribution in [3.63, 3.8) is 0 Å². The lowest BCUT2D eigenvalue weighted by Gasteiger charge is -2.04. The number of rotatable bonds is 7. The number of carbonyl (C=O) groups excluding carboxylic acids is 1. The second kappa shape index (κ2) is 8.06. The van der Waals surface area contributed by atoms with Gasteiger partial charge in [-0.2, -0.15) is 0 Å². The lowest BCUT2D eigenvalue weighted by atomic mass is 10.1. The summed E-state index contributed by atoms with van der Waals surface area (Å²) in [5.41, 5.74) is 3.07. The van der Waals surface area contributed by atoms with Crippen LogP contribution < -0.4 is 5.32 Å². The van der Waals surface area contributed by atoms with E-state index in [4.69, 9.17) is 13.7 Å². The van der Waals surface area contributed by atoms with Crippen LogP contribution in [0.25, 0.3) is 33.8 Å². The number of benzene rings is 2. The third kappa shape index (κ3) is 3.65. The van der Waals surface area contributed by atoms with E-state index in [0.717, 1.165) is 12.0 Å². The lowest BCUT2D eigenvalue weighted by molar-refractivity contribution is 0.0948. The van der Waals surface area contributed by atoms with Crippen LogP contribution in [-0.4, -0.2) is 36.3 Å². The summed E-state index contributed by atoms with van der Waals surface area (Å²) in [7, 11) is 1.64. The summed E-state index contributed by atoms with van der Waals surface area (Å²) in [6.07, 6.45) is 2.29. The van der Waals surface area contributed by atoms with Crippen LogP contribution in [0.4, 0.5) is 0 Å². The number of methoxy groups -OCH3 is 1. The minimum atomic E-state index is -0.157. The Bertz CT molecular complexity index is 1090. The molecule has 0 atom stereocenters. The van der Waals surface area contributed by atoms with Crippen molar-refractivity contribution in [3.05, 3.63) is 60.4 Å². The molecule has 0 unspecified atom stereocenters. The highest BCUT2D eigenvalue weighted by Gasteiger charge is 2.17. The van der Waals surface area contributed by atoms with Crippen LogP contribution in [0.15, 0.2) is 63.7 Å². The highest BCUT2D eigenvalue weighted by Crippen LogP contribution is 2.30. The summed E-state index contributed by atoms with van der Waals surface area (Å²) in [6, 6.07) is 14.8. The van der Waals surface area contributed by atoms with Gasteiger partial charge in [0.2, 0.25) is 5.89 Å². The number of hydrogen-bond donors (Lipinski definition) is 1. The van der Waals surface area contributed by atoms with Gasteiger partial charge in [0.1, 0.15) is 17.7 Å². The third-order valence-electron chi connectivity index (χ3n) is 4.31. The number of ether oxygens (including phenoxy) is 1. The van der Waals surface area contributed by atoms with Gasteiger partial charge in [-0.3, -0.25) is 4.79 Å². The summed E-state index contributed by atoms with van der Waals surface area (Å²) >= 11 is 0. The highest BCUT2D eigenvalue weighted by molar-refractivity contribution is 6.00. The van der Waals surface area contributed by atoms with Crippen LogP contribution in [0, 0.1) is 0 Å². The fourth-order valence-electron chi connectivity index (χ4n) is 2.88. The number of hydrogen-bond acceptors (Lipinski definition) is 6. The fraction of sp³-hybridized carbons (Fsp3) is 0.190. The van der Waals surface area contributed by atoms with E-state index in [0.29, 0.717) is 47.0 Å². The predicted octanol–water partition coefficient (Wildman–Crippen LogP) is 3.92. The third-order valence-corrected chi connectivity index (χ3v) is 4.31. The van der Waals surface area contributed by atoms with Crippen molar-refractivity contribution >= 4 is 16.9 Å². The van der Waals surface area contributed by atoms with Crippen molar-refractivity contribution in [2.45, 2.75) is 6.42 Å². The molecule has 0 spiro atoms. The van der Waals surface area contributed by atoms with E-state index >= 15 is 0 Å². The van der Waals surface area contributed by atoms with E-state index in [1.165, 1.54) is 6.26 Å².